The lowest BCUT2D eigenvalue weighted by Gasteiger charge is -2.15. The lowest BCUT2D eigenvalue weighted by Crippen LogP contribution is -2.13. The number of rotatable bonds is 6. The first-order valence-corrected chi connectivity index (χ1v) is 8.82. The van der Waals surface area contributed by atoms with Crippen LogP contribution in [0.5, 0.6) is 17.2 Å². The van der Waals surface area contributed by atoms with Gasteiger partial charge >= 0.3 is 5.76 Å². The topological polar surface area (TPSA) is 120 Å². The normalized spacial score (nSPS) is 11.3. The first-order valence-electron chi connectivity index (χ1n) is 7.33. The van der Waals surface area contributed by atoms with Crippen molar-refractivity contribution >= 4 is 26.8 Å². The molecule has 10 heteroatoms. The van der Waals surface area contributed by atoms with Gasteiger partial charge in [-0.15, -0.1) is 0 Å². The van der Waals surface area contributed by atoms with Crippen LogP contribution in [0.1, 0.15) is 0 Å². The SMILES string of the molecule is COc1cc(NS(=O)(=O)c2ccc3[nH]c(=O)oc3c2)cc(OC)c1OC. The van der Waals surface area contributed by atoms with E-state index in [0.29, 0.717) is 22.8 Å². The third-order valence-electron chi connectivity index (χ3n) is 3.62. The van der Waals surface area contributed by atoms with Crippen molar-refractivity contribution in [1.82, 2.24) is 4.98 Å². The highest BCUT2D eigenvalue weighted by Gasteiger charge is 2.19. The highest BCUT2D eigenvalue weighted by atomic mass is 32.2. The van der Waals surface area contributed by atoms with Crippen molar-refractivity contribution in [2.45, 2.75) is 4.90 Å². The van der Waals surface area contributed by atoms with Gasteiger partial charge in [-0.1, -0.05) is 0 Å². The largest absolute Gasteiger partial charge is 0.493 e. The van der Waals surface area contributed by atoms with E-state index in [1.54, 1.807) is 0 Å². The van der Waals surface area contributed by atoms with Crippen LogP contribution in [0.3, 0.4) is 0 Å². The van der Waals surface area contributed by atoms with E-state index in [4.69, 9.17) is 18.6 Å². The number of H-pyrrole nitrogens is 1. The molecule has 3 aromatic rings. The summed E-state index contributed by atoms with van der Waals surface area (Å²) in [6, 6.07) is 6.99. The number of sulfonamides is 1. The van der Waals surface area contributed by atoms with Crippen LogP contribution in [-0.4, -0.2) is 34.7 Å². The summed E-state index contributed by atoms with van der Waals surface area (Å²) in [6.45, 7) is 0. The quantitative estimate of drug-likeness (QED) is 0.670. The van der Waals surface area contributed by atoms with E-state index >= 15 is 0 Å². The van der Waals surface area contributed by atoms with Gasteiger partial charge in [-0.05, 0) is 12.1 Å². The Hall–Kier alpha value is -3.14. The number of benzene rings is 2. The summed E-state index contributed by atoms with van der Waals surface area (Å²) in [7, 11) is 0.362. The molecule has 138 valence electrons. The Morgan fingerprint density at radius 2 is 1.65 bits per heavy atom. The fraction of sp³-hybridized carbons (Fsp3) is 0.188. The maximum absolute atomic E-state index is 12.7. The summed E-state index contributed by atoms with van der Waals surface area (Å²) in [5.41, 5.74) is 0.764. The highest BCUT2D eigenvalue weighted by Crippen LogP contribution is 2.40. The van der Waals surface area contributed by atoms with Crippen molar-refractivity contribution in [3.05, 3.63) is 40.9 Å². The molecule has 0 aliphatic carbocycles. The molecule has 0 saturated heterocycles. The molecular formula is C16H16N2O7S. The average Bonchev–Trinajstić information content (AvgIpc) is 2.99. The molecule has 9 nitrogen and oxygen atoms in total. The Morgan fingerprint density at radius 3 is 2.23 bits per heavy atom. The first kappa shape index (κ1) is 17.7. The molecule has 0 amide bonds. The Bertz CT molecular complexity index is 1090. The highest BCUT2D eigenvalue weighted by molar-refractivity contribution is 7.92. The van der Waals surface area contributed by atoms with Crippen LogP contribution in [0, 0.1) is 0 Å². The summed E-state index contributed by atoms with van der Waals surface area (Å²) >= 11 is 0. The molecule has 0 atom stereocenters. The molecular weight excluding hydrogens is 364 g/mol. The number of hydrogen-bond acceptors (Lipinski definition) is 7. The van der Waals surface area contributed by atoms with Gasteiger partial charge in [-0.2, -0.15) is 0 Å². The van der Waals surface area contributed by atoms with Gasteiger partial charge in [0.25, 0.3) is 10.0 Å². The standard InChI is InChI=1S/C16H16N2O7S/c1-22-13-6-9(7-14(23-2)15(13)24-3)18-26(20,21)10-4-5-11-12(8-10)25-16(19)17-11/h4-8,18H,1-3H3,(H,17,19). The minimum absolute atomic E-state index is 0.0681. The van der Waals surface area contributed by atoms with Gasteiger partial charge in [0.1, 0.15) is 0 Å². The summed E-state index contributed by atoms with van der Waals surface area (Å²) in [5, 5.41) is 0. The molecule has 2 N–H and O–H groups in total. The fourth-order valence-electron chi connectivity index (χ4n) is 2.45. The average molecular weight is 380 g/mol. The fourth-order valence-corrected chi connectivity index (χ4v) is 3.50. The maximum atomic E-state index is 12.7. The molecule has 0 saturated carbocycles. The lowest BCUT2D eigenvalue weighted by atomic mass is 10.2. The van der Waals surface area contributed by atoms with E-state index in [2.05, 4.69) is 9.71 Å². The predicted molar refractivity (Wildman–Crippen MR) is 93.7 cm³/mol. The van der Waals surface area contributed by atoms with Gasteiger partial charge in [-0.25, -0.2) is 13.2 Å². The summed E-state index contributed by atoms with van der Waals surface area (Å²) in [5.74, 6) is 0.286. The van der Waals surface area contributed by atoms with Crippen molar-refractivity contribution in [2.75, 3.05) is 26.1 Å². The van der Waals surface area contributed by atoms with Gasteiger partial charge in [0.05, 0.1) is 37.4 Å². The molecule has 0 aliphatic heterocycles. The molecule has 2 aromatic carbocycles. The van der Waals surface area contributed by atoms with Gasteiger partial charge in [0.15, 0.2) is 17.1 Å². The van der Waals surface area contributed by atoms with Crippen LogP contribution in [-0.2, 0) is 10.0 Å². The Labute approximate surface area is 148 Å². The molecule has 3 rings (SSSR count). The minimum atomic E-state index is -3.94. The number of fused-ring (bicyclic) bond motifs is 1. The summed E-state index contributed by atoms with van der Waals surface area (Å²) in [4.78, 5) is 13.6. The number of aromatic amines is 1. The summed E-state index contributed by atoms with van der Waals surface area (Å²) < 4.78 is 48.3. The van der Waals surface area contributed by atoms with Crippen molar-refractivity contribution in [3.8, 4) is 17.2 Å². The van der Waals surface area contributed by atoms with Gasteiger partial charge < -0.3 is 18.6 Å². The molecule has 0 radical (unpaired) electrons. The van der Waals surface area contributed by atoms with Crippen LogP contribution in [0.25, 0.3) is 11.1 Å². The van der Waals surface area contributed by atoms with Crippen molar-refractivity contribution in [1.29, 1.82) is 0 Å². The van der Waals surface area contributed by atoms with E-state index in [9.17, 15) is 13.2 Å². The van der Waals surface area contributed by atoms with E-state index in [-0.39, 0.29) is 16.2 Å². The lowest BCUT2D eigenvalue weighted by molar-refractivity contribution is 0.325. The van der Waals surface area contributed by atoms with E-state index in [1.807, 2.05) is 0 Å². The zero-order chi connectivity index (χ0) is 18.9. The van der Waals surface area contributed by atoms with Crippen LogP contribution < -0.4 is 24.7 Å². The third-order valence-corrected chi connectivity index (χ3v) is 5.00. The molecule has 26 heavy (non-hydrogen) atoms. The number of methoxy groups -OCH3 is 3. The molecule has 1 aromatic heterocycles. The zero-order valence-corrected chi connectivity index (χ0v) is 15.0. The number of oxazole rings is 1. The molecule has 0 spiro atoms. The second kappa shape index (κ2) is 6.64. The monoisotopic (exact) mass is 380 g/mol. The third kappa shape index (κ3) is 3.18. The van der Waals surface area contributed by atoms with Crippen LogP contribution in [0.4, 0.5) is 5.69 Å². The van der Waals surface area contributed by atoms with E-state index < -0.39 is 15.8 Å². The number of aromatic nitrogens is 1. The molecule has 0 aliphatic rings. The summed E-state index contributed by atoms with van der Waals surface area (Å²) in [6.07, 6.45) is 0. The van der Waals surface area contributed by atoms with Gasteiger partial charge in [0, 0.05) is 18.2 Å². The van der Waals surface area contributed by atoms with Crippen molar-refractivity contribution in [3.63, 3.8) is 0 Å². The molecule has 1 heterocycles. The molecule has 0 fully saturated rings. The number of hydrogen-bond donors (Lipinski definition) is 2. The van der Waals surface area contributed by atoms with Gasteiger partial charge in [0.2, 0.25) is 5.75 Å². The predicted octanol–water partition coefficient (Wildman–Crippen LogP) is 1.95. The Morgan fingerprint density at radius 1 is 1.00 bits per heavy atom. The molecule has 0 bridgehead atoms. The van der Waals surface area contributed by atoms with E-state index in [0.717, 1.165) is 0 Å². The van der Waals surface area contributed by atoms with Crippen molar-refractivity contribution in [2.24, 2.45) is 0 Å². The Kier molecular flexibility index (Phi) is 4.51. The maximum Gasteiger partial charge on any atom is 0.417 e. The van der Waals surface area contributed by atoms with Crippen LogP contribution >= 0.6 is 0 Å². The number of anilines is 1. The number of nitrogens with one attached hydrogen (secondary N) is 2. The minimum Gasteiger partial charge on any atom is -0.493 e. The smallest absolute Gasteiger partial charge is 0.417 e. The first-order chi connectivity index (χ1) is 12.4. The van der Waals surface area contributed by atoms with Crippen molar-refractivity contribution < 1.29 is 27.0 Å². The second-order valence-corrected chi connectivity index (χ2v) is 6.87. The Balaban J connectivity index is 2.01. The van der Waals surface area contributed by atoms with Crippen LogP contribution in [0.15, 0.2) is 44.4 Å². The zero-order valence-electron chi connectivity index (χ0n) is 14.2. The number of ether oxygens (including phenoxy) is 3. The molecule has 0 unspecified atom stereocenters. The van der Waals surface area contributed by atoms with Gasteiger partial charge in [-0.3, -0.25) is 9.71 Å². The second-order valence-electron chi connectivity index (χ2n) is 5.19. The van der Waals surface area contributed by atoms with E-state index in [1.165, 1.54) is 51.7 Å². The van der Waals surface area contributed by atoms with Crippen LogP contribution in [0.2, 0.25) is 0 Å².